The molecule has 3 heterocycles. The molecule has 0 N–H and O–H groups in total. The molecule has 0 spiro atoms. The molecule has 2 saturated heterocycles. The van der Waals surface area contributed by atoms with Crippen molar-refractivity contribution < 1.29 is 9.18 Å². The molecular weight excluding hydrogens is 311 g/mol. The summed E-state index contributed by atoms with van der Waals surface area (Å²) in [5.41, 5.74) is 3.78. The highest BCUT2D eigenvalue weighted by molar-refractivity contribution is 7.11. The summed E-state index contributed by atoms with van der Waals surface area (Å²) in [7, 11) is 0. The van der Waals surface area contributed by atoms with Crippen molar-refractivity contribution in [3.05, 3.63) is 51.7 Å². The topological polar surface area (TPSA) is 33.2 Å². The fourth-order valence-corrected chi connectivity index (χ4v) is 4.89. The quantitative estimate of drug-likeness (QED) is 0.829. The van der Waals surface area contributed by atoms with E-state index < -0.39 is 0 Å². The second-order valence-electron chi connectivity index (χ2n) is 6.58. The van der Waals surface area contributed by atoms with Crippen LogP contribution in [-0.4, -0.2) is 27.9 Å². The molecular formula is C18H19FN2OS. The average molecular weight is 330 g/mol. The van der Waals surface area contributed by atoms with E-state index in [0.29, 0.717) is 18.0 Å². The third-order valence-electron chi connectivity index (χ3n) is 5.25. The van der Waals surface area contributed by atoms with Gasteiger partial charge >= 0.3 is 0 Å². The summed E-state index contributed by atoms with van der Waals surface area (Å²) in [6.07, 6.45) is 4.11. The van der Waals surface area contributed by atoms with Crippen LogP contribution in [0, 0.1) is 12.7 Å². The summed E-state index contributed by atoms with van der Waals surface area (Å²) >= 11 is 1.44. The van der Waals surface area contributed by atoms with Gasteiger partial charge in [-0.05, 0) is 56.2 Å². The van der Waals surface area contributed by atoms with E-state index in [-0.39, 0.29) is 11.7 Å². The van der Waals surface area contributed by atoms with Gasteiger partial charge in [0.1, 0.15) is 10.7 Å². The molecule has 2 aliphatic heterocycles. The molecule has 0 radical (unpaired) electrons. The summed E-state index contributed by atoms with van der Waals surface area (Å²) in [6.45, 7) is 1.90. The lowest BCUT2D eigenvalue weighted by molar-refractivity contribution is 0.0575. The summed E-state index contributed by atoms with van der Waals surface area (Å²) in [6, 6.07) is 7.47. The first-order chi connectivity index (χ1) is 11.1. The predicted molar refractivity (Wildman–Crippen MR) is 88.2 cm³/mol. The van der Waals surface area contributed by atoms with Crippen molar-refractivity contribution in [2.45, 2.75) is 50.6 Å². The van der Waals surface area contributed by atoms with Crippen LogP contribution in [0.4, 0.5) is 4.39 Å². The molecule has 4 rings (SSSR count). The fraction of sp³-hybridized carbons (Fsp3) is 0.444. The first kappa shape index (κ1) is 14.8. The SMILES string of the molecule is Cc1ncsc1C(=O)N1[C@H]2CC[C@H]1CC(c1ccc(F)cc1)C2. The minimum atomic E-state index is -0.190. The zero-order chi connectivity index (χ0) is 16.0. The van der Waals surface area contributed by atoms with E-state index in [9.17, 15) is 9.18 Å². The molecule has 23 heavy (non-hydrogen) atoms. The number of carbonyl (C=O) groups excluding carboxylic acids is 1. The lowest BCUT2D eigenvalue weighted by Gasteiger charge is -2.39. The summed E-state index contributed by atoms with van der Waals surface area (Å²) < 4.78 is 13.1. The van der Waals surface area contributed by atoms with Gasteiger partial charge in [0.15, 0.2) is 0 Å². The van der Waals surface area contributed by atoms with Crippen LogP contribution in [-0.2, 0) is 0 Å². The molecule has 1 aromatic carbocycles. The summed E-state index contributed by atoms with van der Waals surface area (Å²) in [5.74, 6) is 0.389. The number of amides is 1. The number of benzene rings is 1. The second-order valence-corrected chi connectivity index (χ2v) is 7.44. The Balaban J connectivity index is 1.55. The van der Waals surface area contributed by atoms with Gasteiger partial charge in [-0.25, -0.2) is 9.37 Å². The monoisotopic (exact) mass is 330 g/mol. The Labute approximate surface area is 139 Å². The normalized spacial score (nSPS) is 26.5. The molecule has 0 aliphatic carbocycles. The van der Waals surface area contributed by atoms with Gasteiger partial charge in [0, 0.05) is 12.1 Å². The van der Waals surface area contributed by atoms with Crippen molar-refractivity contribution >= 4 is 17.2 Å². The minimum absolute atomic E-state index is 0.148. The lowest BCUT2D eigenvalue weighted by Crippen LogP contribution is -2.46. The molecule has 0 saturated carbocycles. The van der Waals surface area contributed by atoms with Crippen LogP contribution in [0.5, 0.6) is 0 Å². The zero-order valence-corrected chi connectivity index (χ0v) is 13.9. The van der Waals surface area contributed by atoms with Crippen LogP contribution in [0.2, 0.25) is 0 Å². The van der Waals surface area contributed by atoms with Crippen LogP contribution in [0.1, 0.15) is 52.5 Å². The maximum atomic E-state index is 13.1. The van der Waals surface area contributed by atoms with Crippen molar-refractivity contribution in [1.82, 2.24) is 9.88 Å². The van der Waals surface area contributed by atoms with Crippen molar-refractivity contribution in [2.24, 2.45) is 0 Å². The average Bonchev–Trinajstić information content (AvgIpc) is 3.08. The van der Waals surface area contributed by atoms with E-state index in [1.165, 1.54) is 29.0 Å². The van der Waals surface area contributed by atoms with E-state index in [2.05, 4.69) is 9.88 Å². The number of hydrogen-bond donors (Lipinski definition) is 0. The Hall–Kier alpha value is -1.75. The first-order valence-electron chi connectivity index (χ1n) is 8.11. The number of aryl methyl sites for hydroxylation is 1. The highest BCUT2D eigenvalue weighted by Crippen LogP contribution is 2.44. The number of thiazole rings is 1. The van der Waals surface area contributed by atoms with Gasteiger partial charge in [-0.3, -0.25) is 4.79 Å². The largest absolute Gasteiger partial charge is 0.332 e. The minimum Gasteiger partial charge on any atom is -0.332 e. The van der Waals surface area contributed by atoms with Crippen molar-refractivity contribution in [1.29, 1.82) is 0 Å². The summed E-state index contributed by atoms with van der Waals surface area (Å²) in [5, 5.41) is 0. The van der Waals surface area contributed by atoms with Gasteiger partial charge in [0.2, 0.25) is 0 Å². The molecule has 2 bridgehead atoms. The number of rotatable bonds is 2. The number of fused-ring (bicyclic) bond motifs is 2. The maximum Gasteiger partial charge on any atom is 0.266 e. The number of piperidine rings is 1. The highest BCUT2D eigenvalue weighted by atomic mass is 32.1. The summed E-state index contributed by atoms with van der Waals surface area (Å²) in [4.78, 5) is 20.0. The number of halogens is 1. The Kier molecular flexibility index (Phi) is 3.68. The van der Waals surface area contributed by atoms with Crippen LogP contribution in [0.25, 0.3) is 0 Å². The number of carbonyl (C=O) groups is 1. The zero-order valence-electron chi connectivity index (χ0n) is 13.0. The molecule has 1 aromatic heterocycles. The number of nitrogens with zero attached hydrogens (tertiary/aromatic N) is 2. The predicted octanol–water partition coefficient (Wildman–Crippen LogP) is 4.14. The van der Waals surface area contributed by atoms with E-state index in [4.69, 9.17) is 0 Å². The van der Waals surface area contributed by atoms with Gasteiger partial charge in [0.05, 0.1) is 11.2 Å². The van der Waals surface area contributed by atoms with Crippen molar-refractivity contribution in [3.63, 3.8) is 0 Å². The van der Waals surface area contributed by atoms with E-state index in [1.807, 2.05) is 19.1 Å². The van der Waals surface area contributed by atoms with Crippen LogP contribution in [0.15, 0.2) is 29.8 Å². The van der Waals surface area contributed by atoms with Gasteiger partial charge in [-0.1, -0.05) is 12.1 Å². The van der Waals surface area contributed by atoms with Crippen LogP contribution < -0.4 is 0 Å². The highest BCUT2D eigenvalue weighted by Gasteiger charge is 2.44. The maximum absolute atomic E-state index is 13.1. The fourth-order valence-electron chi connectivity index (χ4n) is 4.14. The Morgan fingerprint density at radius 1 is 1.22 bits per heavy atom. The smallest absolute Gasteiger partial charge is 0.266 e. The van der Waals surface area contributed by atoms with E-state index >= 15 is 0 Å². The number of aromatic nitrogens is 1. The Bertz CT molecular complexity index is 713. The molecule has 2 aliphatic rings. The van der Waals surface area contributed by atoms with Gasteiger partial charge in [-0.15, -0.1) is 11.3 Å². The third-order valence-corrected chi connectivity index (χ3v) is 6.17. The van der Waals surface area contributed by atoms with Gasteiger partial charge in [-0.2, -0.15) is 0 Å². The standard InChI is InChI=1S/C18H19FN2OS/c1-11-17(23-10-20-11)18(22)21-15-6-7-16(21)9-13(8-15)12-2-4-14(19)5-3-12/h2-5,10,13,15-16H,6-9H2,1H3/t15-,16-/m0/s1. The molecule has 3 nitrogen and oxygen atoms in total. The molecule has 2 aromatic rings. The van der Waals surface area contributed by atoms with E-state index in [0.717, 1.165) is 36.3 Å². The van der Waals surface area contributed by atoms with Gasteiger partial charge in [0.25, 0.3) is 5.91 Å². The first-order valence-corrected chi connectivity index (χ1v) is 8.99. The molecule has 2 fully saturated rings. The van der Waals surface area contributed by atoms with Crippen LogP contribution >= 0.6 is 11.3 Å². The van der Waals surface area contributed by atoms with E-state index in [1.54, 1.807) is 5.51 Å². The lowest BCUT2D eigenvalue weighted by atomic mass is 9.85. The van der Waals surface area contributed by atoms with Crippen LogP contribution in [0.3, 0.4) is 0 Å². The second kappa shape index (κ2) is 5.71. The van der Waals surface area contributed by atoms with Crippen molar-refractivity contribution in [3.8, 4) is 0 Å². The Morgan fingerprint density at radius 2 is 1.87 bits per heavy atom. The molecule has 5 heteroatoms. The Morgan fingerprint density at radius 3 is 2.43 bits per heavy atom. The molecule has 120 valence electrons. The van der Waals surface area contributed by atoms with Crippen molar-refractivity contribution in [2.75, 3.05) is 0 Å². The third kappa shape index (κ3) is 2.57. The number of hydrogen-bond acceptors (Lipinski definition) is 3. The molecule has 2 atom stereocenters. The molecule has 0 unspecified atom stereocenters. The van der Waals surface area contributed by atoms with Gasteiger partial charge < -0.3 is 4.90 Å². The molecule has 1 amide bonds.